The van der Waals surface area contributed by atoms with Gasteiger partial charge in [-0.15, -0.1) is 0 Å². The number of aromatic nitrogens is 2. The molecule has 1 atom stereocenters. The average Bonchev–Trinajstić information content (AvgIpc) is 2.79. The van der Waals surface area contributed by atoms with Gasteiger partial charge in [0.2, 0.25) is 5.91 Å². The van der Waals surface area contributed by atoms with Crippen molar-refractivity contribution in [1.82, 2.24) is 14.9 Å². The summed E-state index contributed by atoms with van der Waals surface area (Å²) in [4.78, 5) is 23.4. The number of amides is 1. The predicted octanol–water partition coefficient (Wildman–Crippen LogP) is 3.66. The standard InChI is InChI=1S/C24H26N4O/c25-24(29)20-9-4-8-19(16-20)22-23(27-13-12-26-22)21-10-5-14-28(17-21)15-11-18-6-2-1-3-7-18/h1-4,6-9,12-13,16,21H,5,10-11,14-15,17H2,(H2,25,29). The first-order chi connectivity index (χ1) is 14.2. The normalized spacial score (nSPS) is 17.2. The molecule has 29 heavy (non-hydrogen) atoms. The summed E-state index contributed by atoms with van der Waals surface area (Å²) in [5.74, 6) is -0.0949. The zero-order valence-electron chi connectivity index (χ0n) is 16.5. The second kappa shape index (κ2) is 8.97. The third-order valence-electron chi connectivity index (χ3n) is 5.60. The first-order valence-corrected chi connectivity index (χ1v) is 10.2. The number of benzene rings is 2. The van der Waals surface area contributed by atoms with Crippen molar-refractivity contribution in [2.75, 3.05) is 19.6 Å². The summed E-state index contributed by atoms with van der Waals surface area (Å²) >= 11 is 0. The highest BCUT2D eigenvalue weighted by atomic mass is 16.1. The molecule has 1 fully saturated rings. The molecule has 1 saturated heterocycles. The molecule has 1 aliphatic rings. The lowest BCUT2D eigenvalue weighted by atomic mass is 9.91. The number of carbonyl (C=O) groups excluding carboxylic acids is 1. The maximum atomic E-state index is 11.6. The van der Waals surface area contributed by atoms with Crippen LogP contribution in [0, 0.1) is 0 Å². The molecule has 2 aromatic carbocycles. The number of hydrogen-bond acceptors (Lipinski definition) is 4. The van der Waals surface area contributed by atoms with E-state index in [1.54, 1.807) is 18.5 Å². The van der Waals surface area contributed by atoms with Crippen LogP contribution in [0.25, 0.3) is 11.3 Å². The second-order valence-corrected chi connectivity index (χ2v) is 7.61. The summed E-state index contributed by atoms with van der Waals surface area (Å²) in [6, 6.07) is 18.0. The quantitative estimate of drug-likeness (QED) is 0.702. The Morgan fingerprint density at radius 3 is 2.72 bits per heavy atom. The van der Waals surface area contributed by atoms with Crippen LogP contribution in [0.2, 0.25) is 0 Å². The van der Waals surface area contributed by atoms with Gasteiger partial charge in [0, 0.05) is 42.5 Å². The Morgan fingerprint density at radius 2 is 1.90 bits per heavy atom. The Morgan fingerprint density at radius 1 is 1.07 bits per heavy atom. The van der Waals surface area contributed by atoms with Crippen molar-refractivity contribution < 1.29 is 4.79 Å². The average molecular weight is 386 g/mol. The van der Waals surface area contributed by atoms with Gasteiger partial charge in [-0.2, -0.15) is 0 Å². The van der Waals surface area contributed by atoms with Crippen LogP contribution in [0.1, 0.15) is 40.4 Å². The second-order valence-electron chi connectivity index (χ2n) is 7.61. The van der Waals surface area contributed by atoms with Crippen molar-refractivity contribution in [1.29, 1.82) is 0 Å². The molecule has 0 spiro atoms. The fourth-order valence-corrected chi connectivity index (χ4v) is 4.10. The van der Waals surface area contributed by atoms with Crippen LogP contribution in [0.4, 0.5) is 0 Å². The van der Waals surface area contributed by atoms with Gasteiger partial charge in [-0.05, 0) is 43.5 Å². The largest absolute Gasteiger partial charge is 0.366 e. The molecule has 0 aliphatic carbocycles. The Labute approximate surface area is 171 Å². The molecule has 1 aromatic heterocycles. The van der Waals surface area contributed by atoms with Crippen molar-refractivity contribution in [3.05, 3.63) is 83.8 Å². The van der Waals surface area contributed by atoms with E-state index < -0.39 is 5.91 Å². The Kier molecular flexibility index (Phi) is 5.96. The number of primary amides is 1. The molecule has 0 saturated carbocycles. The smallest absolute Gasteiger partial charge is 0.248 e. The molecular formula is C24H26N4O. The number of rotatable bonds is 6. The first-order valence-electron chi connectivity index (χ1n) is 10.2. The minimum atomic E-state index is -0.429. The molecule has 1 aliphatic heterocycles. The van der Waals surface area contributed by atoms with Crippen LogP contribution in [0.5, 0.6) is 0 Å². The van der Waals surface area contributed by atoms with Gasteiger partial charge in [0.05, 0.1) is 11.4 Å². The molecule has 2 N–H and O–H groups in total. The molecule has 0 radical (unpaired) electrons. The summed E-state index contributed by atoms with van der Waals surface area (Å²) in [5.41, 5.74) is 10.1. The maximum absolute atomic E-state index is 11.6. The third kappa shape index (κ3) is 4.69. The zero-order valence-corrected chi connectivity index (χ0v) is 16.5. The lowest BCUT2D eigenvalue weighted by molar-refractivity contribution is 0.100. The van der Waals surface area contributed by atoms with E-state index in [1.807, 2.05) is 18.2 Å². The molecule has 4 rings (SSSR count). The molecule has 3 aromatic rings. The topological polar surface area (TPSA) is 72.1 Å². The van der Waals surface area contributed by atoms with Crippen molar-refractivity contribution >= 4 is 5.91 Å². The molecule has 5 heteroatoms. The predicted molar refractivity (Wildman–Crippen MR) is 115 cm³/mol. The van der Waals surface area contributed by atoms with E-state index in [1.165, 1.54) is 5.56 Å². The van der Waals surface area contributed by atoms with E-state index in [4.69, 9.17) is 10.7 Å². The summed E-state index contributed by atoms with van der Waals surface area (Å²) in [6.07, 6.45) is 6.78. The highest BCUT2D eigenvalue weighted by Crippen LogP contribution is 2.32. The number of piperidine rings is 1. The third-order valence-corrected chi connectivity index (χ3v) is 5.60. The van der Waals surface area contributed by atoms with Crippen molar-refractivity contribution in [3.8, 4) is 11.3 Å². The number of carbonyl (C=O) groups is 1. The van der Waals surface area contributed by atoms with Gasteiger partial charge in [0.15, 0.2) is 0 Å². The highest BCUT2D eigenvalue weighted by Gasteiger charge is 2.25. The lowest BCUT2D eigenvalue weighted by Gasteiger charge is -2.33. The highest BCUT2D eigenvalue weighted by molar-refractivity contribution is 5.94. The zero-order chi connectivity index (χ0) is 20.1. The Hall–Kier alpha value is -3.05. The number of likely N-dealkylation sites (tertiary alicyclic amines) is 1. The lowest BCUT2D eigenvalue weighted by Crippen LogP contribution is -2.36. The molecule has 1 unspecified atom stereocenters. The minimum absolute atomic E-state index is 0.334. The number of hydrogen-bond donors (Lipinski definition) is 1. The van der Waals surface area contributed by atoms with Gasteiger partial charge in [-0.25, -0.2) is 0 Å². The van der Waals surface area contributed by atoms with Gasteiger partial charge >= 0.3 is 0 Å². The molecule has 1 amide bonds. The molecule has 2 heterocycles. The summed E-state index contributed by atoms with van der Waals surface area (Å²) < 4.78 is 0. The van der Waals surface area contributed by atoms with E-state index in [9.17, 15) is 4.79 Å². The van der Waals surface area contributed by atoms with E-state index in [2.05, 4.69) is 40.2 Å². The Bertz CT molecular complexity index is 973. The van der Waals surface area contributed by atoms with Crippen LogP contribution in [0.15, 0.2) is 67.0 Å². The van der Waals surface area contributed by atoms with Crippen LogP contribution >= 0.6 is 0 Å². The van der Waals surface area contributed by atoms with Crippen molar-refractivity contribution in [3.63, 3.8) is 0 Å². The van der Waals surface area contributed by atoms with Gasteiger partial charge in [-0.3, -0.25) is 14.8 Å². The molecule has 5 nitrogen and oxygen atoms in total. The van der Waals surface area contributed by atoms with Crippen LogP contribution in [-0.2, 0) is 6.42 Å². The summed E-state index contributed by atoms with van der Waals surface area (Å²) in [7, 11) is 0. The fourth-order valence-electron chi connectivity index (χ4n) is 4.10. The number of nitrogens with zero attached hydrogens (tertiary/aromatic N) is 3. The Balaban J connectivity index is 1.52. The number of nitrogens with two attached hydrogens (primary N) is 1. The molecule has 148 valence electrons. The molecule has 0 bridgehead atoms. The van der Waals surface area contributed by atoms with E-state index >= 15 is 0 Å². The SMILES string of the molecule is NC(=O)c1cccc(-c2nccnc2C2CCCN(CCc3ccccc3)C2)c1. The van der Waals surface area contributed by atoms with Gasteiger partial charge < -0.3 is 10.6 Å². The summed E-state index contributed by atoms with van der Waals surface area (Å²) in [6.45, 7) is 3.15. The first kappa shape index (κ1) is 19.3. The molecular weight excluding hydrogens is 360 g/mol. The minimum Gasteiger partial charge on any atom is -0.366 e. The van der Waals surface area contributed by atoms with Crippen molar-refractivity contribution in [2.45, 2.75) is 25.2 Å². The van der Waals surface area contributed by atoms with Gasteiger partial charge in [-0.1, -0.05) is 42.5 Å². The van der Waals surface area contributed by atoms with Crippen LogP contribution < -0.4 is 5.73 Å². The van der Waals surface area contributed by atoms with E-state index in [0.717, 1.165) is 55.8 Å². The van der Waals surface area contributed by atoms with Gasteiger partial charge in [0.25, 0.3) is 0 Å². The van der Waals surface area contributed by atoms with Gasteiger partial charge in [0.1, 0.15) is 0 Å². The monoisotopic (exact) mass is 386 g/mol. The van der Waals surface area contributed by atoms with E-state index in [0.29, 0.717) is 11.5 Å². The van der Waals surface area contributed by atoms with E-state index in [-0.39, 0.29) is 0 Å². The summed E-state index contributed by atoms with van der Waals surface area (Å²) in [5, 5.41) is 0. The van der Waals surface area contributed by atoms with Crippen LogP contribution in [-0.4, -0.2) is 40.4 Å². The fraction of sp³-hybridized carbons (Fsp3) is 0.292. The van der Waals surface area contributed by atoms with Crippen LogP contribution in [0.3, 0.4) is 0 Å². The van der Waals surface area contributed by atoms with Crippen molar-refractivity contribution in [2.24, 2.45) is 5.73 Å². The maximum Gasteiger partial charge on any atom is 0.248 e.